The van der Waals surface area contributed by atoms with E-state index in [0.717, 1.165) is 29.3 Å². The molecule has 128 valence electrons. The molecular weight excluding hydrogens is 332 g/mol. The third kappa shape index (κ3) is 3.09. The van der Waals surface area contributed by atoms with Crippen molar-refractivity contribution in [2.45, 2.75) is 29.7 Å². The average Bonchev–Trinajstić information content (AvgIpc) is 3.03. The van der Waals surface area contributed by atoms with E-state index in [1.54, 1.807) is 23.5 Å². The molecule has 3 aromatic rings. The molecule has 1 aliphatic carbocycles. The van der Waals surface area contributed by atoms with Crippen LogP contribution in [0.3, 0.4) is 0 Å². The molecule has 0 spiro atoms. The SMILES string of the molecule is COc1ccc(-c2nnc(SC3CCCc4ccccc43)n2N)cc1. The number of hydrogen-bond acceptors (Lipinski definition) is 5. The smallest absolute Gasteiger partial charge is 0.210 e. The van der Waals surface area contributed by atoms with E-state index in [2.05, 4.69) is 34.5 Å². The highest BCUT2D eigenvalue weighted by atomic mass is 32.2. The fraction of sp³-hybridized carbons (Fsp3) is 0.263. The Labute approximate surface area is 151 Å². The summed E-state index contributed by atoms with van der Waals surface area (Å²) in [7, 11) is 1.65. The van der Waals surface area contributed by atoms with E-state index in [4.69, 9.17) is 10.6 Å². The number of aryl methyl sites for hydroxylation is 1. The lowest BCUT2D eigenvalue weighted by Gasteiger charge is -2.24. The van der Waals surface area contributed by atoms with Gasteiger partial charge in [-0.2, -0.15) is 0 Å². The summed E-state index contributed by atoms with van der Waals surface area (Å²) in [5.74, 6) is 7.75. The van der Waals surface area contributed by atoms with Gasteiger partial charge in [0.1, 0.15) is 5.75 Å². The Balaban J connectivity index is 1.60. The van der Waals surface area contributed by atoms with E-state index in [1.807, 2.05) is 24.3 Å². The Kier molecular flexibility index (Phi) is 4.36. The van der Waals surface area contributed by atoms with Crippen LogP contribution in [0.5, 0.6) is 5.75 Å². The highest BCUT2D eigenvalue weighted by molar-refractivity contribution is 7.99. The first-order valence-corrected chi connectivity index (χ1v) is 9.23. The first-order valence-electron chi connectivity index (χ1n) is 8.35. The normalized spacial score (nSPS) is 16.4. The minimum absolute atomic E-state index is 0.375. The number of benzene rings is 2. The molecule has 1 aromatic heterocycles. The molecule has 1 heterocycles. The maximum Gasteiger partial charge on any atom is 0.210 e. The molecule has 1 aliphatic rings. The summed E-state index contributed by atoms with van der Waals surface area (Å²) in [5, 5.41) is 9.73. The van der Waals surface area contributed by atoms with Gasteiger partial charge in [0.05, 0.1) is 7.11 Å². The van der Waals surface area contributed by atoms with Crippen LogP contribution in [0, 0.1) is 0 Å². The highest BCUT2D eigenvalue weighted by Crippen LogP contribution is 2.42. The number of methoxy groups -OCH3 is 1. The lowest BCUT2D eigenvalue weighted by atomic mass is 9.91. The number of rotatable bonds is 4. The minimum Gasteiger partial charge on any atom is -0.497 e. The van der Waals surface area contributed by atoms with Crippen LogP contribution in [0.1, 0.15) is 29.2 Å². The van der Waals surface area contributed by atoms with Gasteiger partial charge >= 0.3 is 0 Å². The third-order valence-electron chi connectivity index (χ3n) is 4.57. The topological polar surface area (TPSA) is 66.0 Å². The second-order valence-corrected chi connectivity index (χ2v) is 7.27. The zero-order chi connectivity index (χ0) is 17.2. The molecule has 1 unspecified atom stereocenters. The molecule has 2 N–H and O–H groups in total. The largest absolute Gasteiger partial charge is 0.497 e. The summed E-state index contributed by atoms with van der Waals surface area (Å²) in [6, 6.07) is 16.3. The molecule has 2 aromatic carbocycles. The second-order valence-electron chi connectivity index (χ2n) is 6.10. The van der Waals surface area contributed by atoms with Crippen LogP contribution in [-0.4, -0.2) is 22.0 Å². The Bertz CT molecular complexity index is 875. The second kappa shape index (κ2) is 6.80. The number of nitrogens with zero attached hydrogens (tertiary/aromatic N) is 3. The number of hydrogen-bond donors (Lipinski definition) is 1. The van der Waals surface area contributed by atoms with Crippen molar-refractivity contribution in [1.29, 1.82) is 0 Å². The number of ether oxygens (including phenoxy) is 1. The van der Waals surface area contributed by atoms with Crippen molar-refractivity contribution in [3.8, 4) is 17.1 Å². The quantitative estimate of drug-likeness (QED) is 0.723. The molecule has 0 aliphatic heterocycles. The summed E-state index contributed by atoms with van der Waals surface area (Å²) in [4.78, 5) is 0. The zero-order valence-corrected chi connectivity index (χ0v) is 14.9. The van der Waals surface area contributed by atoms with Crippen molar-refractivity contribution in [3.63, 3.8) is 0 Å². The number of thioether (sulfide) groups is 1. The van der Waals surface area contributed by atoms with Crippen molar-refractivity contribution in [2.24, 2.45) is 0 Å². The van der Waals surface area contributed by atoms with Gasteiger partial charge in [-0.1, -0.05) is 36.0 Å². The monoisotopic (exact) mass is 352 g/mol. The van der Waals surface area contributed by atoms with Crippen LogP contribution < -0.4 is 10.6 Å². The van der Waals surface area contributed by atoms with E-state index in [0.29, 0.717) is 11.1 Å². The van der Waals surface area contributed by atoms with E-state index >= 15 is 0 Å². The fourth-order valence-electron chi connectivity index (χ4n) is 3.25. The van der Waals surface area contributed by atoms with Crippen LogP contribution >= 0.6 is 11.8 Å². The summed E-state index contributed by atoms with van der Waals surface area (Å²) in [6.45, 7) is 0. The van der Waals surface area contributed by atoms with Gasteiger partial charge in [0.15, 0.2) is 5.82 Å². The van der Waals surface area contributed by atoms with Crippen molar-refractivity contribution < 1.29 is 4.74 Å². The summed E-state index contributed by atoms with van der Waals surface area (Å²) in [6.07, 6.45) is 3.48. The Morgan fingerprint density at radius 1 is 1.12 bits per heavy atom. The molecule has 5 nitrogen and oxygen atoms in total. The van der Waals surface area contributed by atoms with Crippen molar-refractivity contribution >= 4 is 11.8 Å². The van der Waals surface area contributed by atoms with Gasteiger partial charge in [0, 0.05) is 10.8 Å². The zero-order valence-electron chi connectivity index (χ0n) is 14.1. The molecule has 0 fully saturated rings. The van der Waals surface area contributed by atoms with E-state index in [-0.39, 0.29) is 0 Å². The Morgan fingerprint density at radius 2 is 1.92 bits per heavy atom. The molecule has 4 rings (SSSR count). The van der Waals surface area contributed by atoms with Crippen LogP contribution in [0.15, 0.2) is 53.7 Å². The van der Waals surface area contributed by atoms with Crippen LogP contribution in [0.2, 0.25) is 0 Å². The van der Waals surface area contributed by atoms with Crippen LogP contribution in [-0.2, 0) is 6.42 Å². The molecule has 0 saturated carbocycles. The number of fused-ring (bicyclic) bond motifs is 1. The van der Waals surface area contributed by atoms with E-state index in [1.165, 1.54) is 17.5 Å². The lowest BCUT2D eigenvalue weighted by molar-refractivity contribution is 0.415. The summed E-state index contributed by atoms with van der Waals surface area (Å²) in [5.41, 5.74) is 3.75. The van der Waals surface area contributed by atoms with Crippen LogP contribution in [0.25, 0.3) is 11.4 Å². The molecular formula is C19H20N4OS. The maximum absolute atomic E-state index is 6.28. The summed E-state index contributed by atoms with van der Waals surface area (Å²) >= 11 is 1.70. The third-order valence-corrected chi connectivity index (χ3v) is 5.84. The first-order chi connectivity index (χ1) is 12.3. The molecule has 1 atom stereocenters. The predicted octanol–water partition coefficient (Wildman–Crippen LogP) is 3.84. The van der Waals surface area contributed by atoms with Crippen molar-refractivity contribution in [2.75, 3.05) is 13.0 Å². The molecule has 0 saturated heterocycles. The Hall–Kier alpha value is -2.47. The van der Waals surface area contributed by atoms with E-state index in [9.17, 15) is 0 Å². The van der Waals surface area contributed by atoms with Gasteiger partial charge in [-0.05, 0) is 54.7 Å². The summed E-state index contributed by atoms with van der Waals surface area (Å²) < 4.78 is 6.78. The first kappa shape index (κ1) is 16.0. The molecule has 25 heavy (non-hydrogen) atoms. The van der Waals surface area contributed by atoms with Gasteiger partial charge in [0.2, 0.25) is 5.16 Å². The predicted molar refractivity (Wildman–Crippen MR) is 100 cm³/mol. The van der Waals surface area contributed by atoms with Gasteiger partial charge in [-0.25, -0.2) is 4.68 Å². The fourth-order valence-corrected chi connectivity index (χ4v) is 4.44. The van der Waals surface area contributed by atoms with Crippen molar-refractivity contribution in [1.82, 2.24) is 14.9 Å². The molecule has 0 radical (unpaired) electrons. The van der Waals surface area contributed by atoms with Gasteiger partial charge < -0.3 is 10.6 Å². The molecule has 0 amide bonds. The standard InChI is InChI=1S/C19H20N4OS/c1-24-15-11-9-14(10-12-15)18-21-22-19(23(18)20)25-17-8-4-6-13-5-2-3-7-16(13)17/h2-3,5,7,9-12,17H,4,6,8,20H2,1H3. The molecule has 6 heteroatoms. The number of aromatic nitrogens is 3. The molecule has 0 bridgehead atoms. The van der Waals surface area contributed by atoms with E-state index < -0.39 is 0 Å². The maximum atomic E-state index is 6.28. The van der Waals surface area contributed by atoms with Gasteiger partial charge in [-0.3, -0.25) is 0 Å². The lowest BCUT2D eigenvalue weighted by Crippen LogP contribution is -2.13. The van der Waals surface area contributed by atoms with Gasteiger partial charge in [0.25, 0.3) is 0 Å². The number of nitrogens with two attached hydrogens (primary N) is 1. The minimum atomic E-state index is 0.375. The van der Waals surface area contributed by atoms with Crippen LogP contribution in [0.4, 0.5) is 0 Å². The van der Waals surface area contributed by atoms with Crippen molar-refractivity contribution in [3.05, 3.63) is 59.7 Å². The average molecular weight is 352 g/mol. The number of nitrogen functional groups attached to an aromatic ring is 1. The highest BCUT2D eigenvalue weighted by Gasteiger charge is 2.23. The van der Waals surface area contributed by atoms with Gasteiger partial charge in [-0.15, -0.1) is 10.2 Å². The Morgan fingerprint density at radius 3 is 2.72 bits per heavy atom.